The zero-order chi connectivity index (χ0) is 17.6. The molecule has 0 aromatic carbocycles. The molecule has 0 aliphatic carbocycles. The minimum absolute atomic E-state index is 0.0209. The van der Waals surface area contributed by atoms with Gasteiger partial charge in [-0.25, -0.2) is 0 Å². The van der Waals surface area contributed by atoms with Crippen LogP contribution in [0.15, 0.2) is 6.33 Å². The van der Waals surface area contributed by atoms with Crippen molar-refractivity contribution in [1.29, 1.82) is 0 Å². The van der Waals surface area contributed by atoms with E-state index in [1.165, 1.54) is 10.9 Å². The molecule has 6 N–H and O–H groups in total. The molecule has 0 amide bonds. The molecule has 2 aromatic rings. The van der Waals surface area contributed by atoms with Crippen LogP contribution in [0.3, 0.4) is 0 Å². The van der Waals surface area contributed by atoms with Gasteiger partial charge in [-0.2, -0.15) is 0 Å². The number of aliphatic hydroxyl groups is 2. The van der Waals surface area contributed by atoms with Gasteiger partial charge in [0.15, 0.2) is 0 Å². The van der Waals surface area contributed by atoms with Crippen LogP contribution in [-0.4, -0.2) is 80.5 Å². The Labute approximate surface area is 142 Å². The van der Waals surface area contributed by atoms with Crippen molar-refractivity contribution in [2.45, 2.75) is 24.5 Å². The van der Waals surface area contributed by atoms with E-state index >= 15 is 0 Å². The first-order valence-corrected chi connectivity index (χ1v) is 8.95. The van der Waals surface area contributed by atoms with E-state index in [-0.39, 0.29) is 11.6 Å². The fourth-order valence-electron chi connectivity index (χ4n) is 2.36. The number of fused-ring (bicyclic) bond motifs is 1. The molecule has 0 bridgehead atoms. The minimum atomic E-state index is -4.73. The van der Waals surface area contributed by atoms with E-state index in [4.69, 9.17) is 20.3 Å². The second-order valence-corrected chi connectivity index (χ2v) is 7.09. The van der Waals surface area contributed by atoms with Gasteiger partial charge in [0.05, 0.1) is 0 Å². The Morgan fingerprint density at radius 2 is 2.08 bits per heavy atom. The second kappa shape index (κ2) is 6.30. The van der Waals surface area contributed by atoms with Crippen molar-refractivity contribution in [3.05, 3.63) is 6.33 Å². The van der Waals surface area contributed by atoms with Crippen molar-refractivity contribution in [2.24, 2.45) is 0 Å². The number of phosphoric ester groups is 1. The molecule has 3 heterocycles. The summed E-state index contributed by atoms with van der Waals surface area (Å²) in [5, 5.41) is 20.2. The number of hydrogen-bond donors (Lipinski definition) is 5. The molecule has 12 nitrogen and oxygen atoms in total. The van der Waals surface area contributed by atoms with Crippen LogP contribution in [0.4, 0.5) is 5.95 Å². The van der Waals surface area contributed by atoms with Gasteiger partial charge in [-0.1, -0.05) is 0 Å². The van der Waals surface area contributed by atoms with Crippen LogP contribution in [0.25, 0.3) is 11.2 Å². The van der Waals surface area contributed by atoms with Crippen molar-refractivity contribution in [3.63, 3.8) is 0 Å². The predicted octanol–water partition coefficient (Wildman–Crippen LogP) is -3.07. The molecule has 131 valence electrons. The summed E-state index contributed by atoms with van der Waals surface area (Å²) < 4.78 is 22.3. The molecule has 1 aliphatic rings. The molecule has 14 heteroatoms. The van der Waals surface area contributed by atoms with E-state index in [1.807, 2.05) is 0 Å². The van der Waals surface area contributed by atoms with Gasteiger partial charge in [0.2, 0.25) is 0 Å². The summed E-state index contributed by atoms with van der Waals surface area (Å²) in [5.74, 6) is -0.0209. The number of nitrogens with zero attached hydrogens (tertiary/aromatic N) is 4. The van der Waals surface area contributed by atoms with Crippen LogP contribution < -0.4 is 10.3 Å². The Hall–Kier alpha value is -1.14. The third-order valence-electron chi connectivity index (χ3n) is 3.43. The predicted molar refractivity (Wildman–Crippen MR) is 79.0 cm³/mol. The van der Waals surface area contributed by atoms with Crippen LogP contribution in [0.1, 0.15) is 6.23 Å². The van der Waals surface area contributed by atoms with Gasteiger partial charge >= 0.3 is 142 Å². The molecule has 1 saturated heterocycles. The molecule has 0 saturated carbocycles. The van der Waals surface area contributed by atoms with Crippen molar-refractivity contribution in [1.82, 2.24) is 19.5 Å². The monoisotopic (exact) mass is 426 g/mol. The molecular weight excluding hydrogens is 412 g/mol. The SMILES string of the molecule is Nc1nc([Se])c2ncn([C@@H]3O[C@H](COP(=O)(O)O)[C@@H](O)[C@H]3O)c2n1. The Morgan fingerprint density at radius 1 is 1.38 bits per heavy atom. The second-order valence-electron chi connectivity index (χ2n) is 5.04. The standard InChI is InChI=1S/C10H13N5O7PSe/c11-10-13-7-4(8(24)14-10)12-2-15(7)9-6(17)5(16)3(22-9)1-21-23(18,19)20/h2-3,5-6,9,16-17H,1H2,(H2,11,13,14)(H2,18,19,20)/t3-,5-,6-,9-/m1/s1. The number of imidazole rings is 1. The average molecular weight is 425 g/mol. The fourth-order valence-corrected chi connectivity index (χ4v) is 3.20. The molecule has 0 spiro atoms. The summed E-state index contributed by atoms with van der Waals surface area (Å²) in [6.07, 6.45) is -3.74. The zero-order valence-corrected chi connectivity index (χ0v) is 14.4. The van der Waals surface area contributed by atoms with E-state index in [2.05, 4.69) is 35.5 Å². The van der Waals surface area contributed by atoms with Crippen molar-refractivity contribution >= 4 is 45.5 Å². The van der Waals surface area contributed by atoms with Gasteiger partial charge in [-0.05, 0) is 0 Å². The molecule has 3 rings (SSSR count). The first-order chi connectivity index (χ1) is 11.2. The van der Waals surface area contributed by atoms with E-state index in [0.717, 1.165) is 0 Å². The van der Waals surface area contributed by atoms with Crippen molar-refractivity contribution in [3.8, 4) is 0 Å². The number of nitrogens with two attached hydrogens (primary N) is 1. The Kier molecular flexibility index (Phi) is 4.64. The van der Waals surface area contributed by atoms with Crippen LogP contribution in [0.5, 0.6) is 0 Å². The van der Waals surface area contributed by atoms with Crippen LogP contribution in [0, 0.1) is 0 Å². The maximum atomic E-state index is 10.8. The van der Waals surface area contributed by atoms with Gasteiger partial charge < -0.3 is 0 Å². The third-order valence-corrected chi connectivity index (χ3v) is 4.51. The van der Waals surface area contributed by atoms with Crippen molar-refractivity contribution in [2.75, 3.05) is 12.3 Å². The van der Waals surface area contributed by atoms with Gasteiger partial charge in [0.1, 0.15) is 0 Å². The van der Waals surface area contributed by atoms with Crippen molar-refractivity contribution < 1.29 is 33.8 Å². The summed E-state index contributed by atoms with van der Waals surface area (Å²) in [4.78, 5) is 29.5. The van der Waals surface area contributed by atoms with E-state index in [9.17, 15) is 14.8 Å². The topological polar surface area (TPSA) is 186 Å². The molecule has 24 heavy (non-hydrogen) atoms. The first-order valence-electron chi connectivity index (χ1n) is 6.56. The molecule has 4 atom stereocenters. The summed E-state index contributed by atoms with van der Waals surface area (Å²) in [6.45, 7) is -0.602. The molecular formula is C10H13N5O7PSe. The molecule has 1 aliphatic heterocycles. The third kappa shape index (κ3) is 3.31. The number of hydrogen-bond acceptors (Lipinski definition) is 9. The summed E-state index contributed by atoms with van der Waals surface area (Å²) in [6, 6.07) is 0. The Bertz CT molecular complexity index is 812. The number of rotatable bonds is 4. The quantitative estimate of drug-likeness (QED) is 0.247. The summed E-state index contributed by atoms with van der Waals surface area (Å²) in [7, 11) is -4.73. The van der Waals surface area contributed by atoms with Gasteiger partial charge in [-0.3, -0.25) is 0 Å². The molecule has 1 radical (unpaired) electrons. The zero-order valence-electron chi connectivity index (χ0n) is 11.8. The van der Waals surface area contributed by atoms with E-state index in [1.54, 1.807) is 0 Å². The van der Waals surface area contributed by atoms with Crippen LogP contribution >= 0.6 is 7.82 Å². The maximum absolute atomic E-state index is 10.8. The van der Waals surface area contributed by atoms with E-state index in [0.29, 0.717) is 10.1 Å². The molecule has 2 aromatic heterocycles. The average Bonchev–Trinajstić information content (AvgIpc) is 3.00. The number of nitrogen functional groups attached to an aromatic ring is 1. The first kappa shape index (κ1) is 17.7. The van der Waals surface area contributed by atoms with Gasteiger partial charge in [0.25, 0.3) is 0 Å². The number of phosphoric acid groups is 1. The van der Waals surface area contributed by atoms with Gasteiger partial charge in [0, 0.05) is 0 Å². The Balaban J connectivity index is 1.89. The fraction of sp³-hybridized carbons (Fsp3) is 0.500. The molecule has 0 unspecified atom stereocenters. The number of aromatic nitrogens is 4. The number of anilines is 1. The van der Waals surface area contributed by atoms with Crippen LogP contribution in [0.2, 0.25) is 0 Å². The molecule has 1 fully saturated rings. The summed E-state index contributed by atoms with van der Waals surface area (Å²) >= 11 is 2.69. The summed E-state index contributed by atoms with van der Waals surface area (Å²) in [5.41, 5.74) is 6.25. The normalized spacial score (nSPS) is 27.8. The van der Waals surface area contributed by atoms with E-state index < -0.39 is 39.0 Å². The number of aliphatic hydroxyl groups excluding tert-OH is 2. The Morgan fingerprint density at radius 3 is 2.75 bits per heavy atom. The van der Waals surface area contributed by atoms with Gasteiger partial charge in [-0.15, -0.1) is 0 Å². The van der Waals surface area contributed by atoms with Crippen LogP contribution in [-0.2, 0) is 13.8 Å². The number of ether oxygens (including phenoxy) is 1.